The molecule has 1 amide bonds. The van der Waals surface area contributed by atoms with E-state index < -0.39 is 5.60 Å². The number of pyridine rings is 1. The van der Waals surface area contributed by atoms with Crippen LogP contribution in [-0.2, 0) is 9.53 Å². The minimum absolute atomic E-state index is 0.0797. The number of halogens is 1. The van der Waals surface area contributed by atoms with E-state index in [4.69, 9.17) is 4.74 Å². The van der Waals surface area contributed by atoms with E-state index in [1.54, 1.807) is 30.5 Å². The normalized spacial score (nSPS) is 19.3. The Morgan fingerprint density at radius 1 is 1.21 bits per heavy atom. The SMILES string of the molecule is C[C@@H]1C[C@H]1CC(C(=O)Nc1ccc(C(=O)OC(C)(C)C)cc1)c1ccc(Br)cn1. The quantitative estimate of drug-likeness (QED) is 0.574. The fourth-order valence-electron chi connectivity index (χ4n) is 3.24. The van der Waals surface area contributed by atoms with Gasteiger partial charge in [0.1, 0.15) is 5.60 Å². The lowest BCUT2D eigenvalue weighted by Gasteiger charge is -2.19. The number of ether oxygens (including phenoxy) is 1. The molecule has 1 aromatic carbocycles. The van der Waals surface area contributed by atoms with Crippen molar-refractivity contribution in [3.05, 3.63) is 58.3 Å². The average molecular weight is 459 g/mol. The Morgan fingerprint density at radius 2 is 1.86 bits per heavy atom. The van der Waals surface area contributed by atoms with Crippen LogP contribution in [0.5, 0.6) is 0 Å². The second-order valence-corrected chi connectivity index (χ2v) is 9.65. The van der Waals surface area contributed by atoms with Crippen LogP contribution in [0, 0.1) is 11.8 Å². The van der Waals surface area contributed by atoms with Gasteiger partial charge >= 0.3 is 5.97 Å². The van der Waals surface area contributed by atoms with Crippen molar-refractivity contribution in [2.24, 2.45) is 11.8 Å². The summed E-state index contributed by atoms with van der Waals surface area (Å²) in [5.74, 6) is 0.460. The summed E-state index contributed by atoms with van der Waals surface area (Å²) in [6.45, 7) is 7.70. The number of nitrogens with zero attached hydrogens (tertiary/aromatic N) is 1. The number of benzene rings is 1. The summed E-state index contributed by atoms with van der Waals surface area (Å²) >= 11 is 3.39. The Kier molecular flexibility index (Phi) is 6.42. The van der Waals surface area contributed by atoms with Crippen molar-refractivity contribution in [3.63, 3.8) is 0 Å². The van der Waals surface area contributed by atoms with E-state index >= 15 is 0 Å². The first-order valence-electron chi connectivity index (χ1n) is 9.88. The van der Waals surface area contributed by atoms with Gasteiger partial charge < -0.3 is 10.1 Å². The molecule has 0 bridgehead atoms. The Bertz CT molecular complexity index is 872. The fourth-order valence-corrected chi connectivity index (χ4v) is 3.48. The zero-order valence-electron chi connectivity index (χ0n) is 17.2. The Balaban J connectivity index is 1.70. The number of nitrogens with one attached hydrogen (secondary N) is 1. The van der Waals surface area contributed by atoms with Gasteiger partial charge in [-0.1, -0.05) is 6.92 Å². The maximum atomic E-state index is 13.0. The van der Waals surface area contributed by atoms with Gasteiger partial charge in [-0.2, -0.15) is 0 Å². The van der Waals surface area contributed by atoms with Crippen LogP contribution in [0.3, 0.4) is 0 Å². The van der Waals surface area contributed by atoms with Gasteiger partial charge in [0.05, 0.1) is 17.2 Å². The predicted molar refractivity (Wildman–Crippen MR) is 117 cm³/mol. The standard InChI is InChI=1S/C23H27BrN2O3/c1-14-11-16(14)12-19(20-10-7-17(24)13-25-20)21(27)26-18-8-5-15(6-9-18)22(28)29-23(2,3)4/h5-10,13-14,16,19H,11-12H2,1-4H3,(H,26,27)/t14-,16+,19?/m1/s1. The molecule has 1 N–H and O–H groups in total. The summed E-state index contributed by atoms with van der Waals surface area (Å²) in [4.78, 5) is 29.6. The summed E-state index contributed by atoms with van der Waals surface area (Å²) in [6.07, 6.45) is 3.67. The predicted octanol–water partition coefficient (Wildman–Crippen LogP) is 5.57. The van der Waals surface area contributed by atoms with Crippen molar-refractivity contribution >= 4 is 33.5 Å². The molecule has 154 valence electrons. The molecule has 5 nitrogen and oxygen atoms in total. The lowest BCUT2D eigenvalue weighted by molar-refractivity contribution is -0.117. The van der Waals surface area contributed by atoms with E-state index in [1.165, 1.54) is 0 Å². The molecule has 3 rings (SSSR count). The zero-order chi connectivity index (χ0) is 21.2. The molecule has 0 spiro atoms. The summed E-state index contributed by atoms with van der Waals surface area (Å²) in [6, 6.07) is 10.6. The minimum Gasteiger partial charge on any atom is -0.456 e. The lowest BCUT2D eigenvalue weighted by atomic mass is 9.96. The second-order valence-electron chi connectivity index (χ2n) is 8.73. The molecule has 1 aliphatic rings. The van der Waals surface area contributed by atoms with E-state index in [2.05, 4.69) is 33.2 Å². The third-order valence-corrected chi connectivity index (χ3v) is 5.49. The maximum Gasteiger partial charge on any atom is 0.338 e. The summed E-state index contributed by atoms with van der Waals surface area (Å²) in [5.41, 5.74) is 1.33. The van der Waals surface area contributed by atoms with Crippen molar-refractivity contribution in [1.29, 1.82) is 0 Å². The minimum atomic E-state index is -0.547. The van der Waals surface area contributed by atoms with Crippen molar-refractivity contribution in [1.82, 2.24) is 4.98 Å². The van der Waals surface area contributed by atoms with Crippen molar-refractivity contribution in [2.75, 3.05) is 5.32 Å². The van der Waals surface area contributed by atoms with Gasteiger partial charge in [0.25, 0.3) is 0 Å². The van der Waals surface area contributed by atoms with Crippen molar-refractivity contribution < 1.29 is 14.3 Å². The van der Waals surface area contributed by atoms with Gasteiger partial charge in [0.15, 0.2) is 0 Å². The van der Waals surface area contributed by atoms with Crippen LogP contribution in [0.25, 0.3) is 0 Å². The van der Waals surface area contributed by atoms with Gasteiger partial charge in [0, 0.05) is 16.4 Å². The highest BCUT2D eigenvalue weighted by Crippen LogP contribution is 2.44. The molecule has 1 fully saturated rings. The van der Waals surface area contributed by atoms with Gasteiger partial charge in [-0.3, -0.25) is 9.78 Å². The number of anilines is 1. The molecule has 0 radical (unpaired) electrons. The second kappa shape index (κ2) is 8.66. The summed E-state index contributed by atoms with van der Waals surface area (Å²) < 4.78 is 6.26. The van der Waals surface area contributed by atoms with E-state index in [0.29, 0.717) is 23.1 Å². The number of hydrogen-bond acceptors (Lipinski definition) is 4. The molecule has 29 heavy (non-hydrogen) atoms. The van der Waals surface area contributed by atoms with Gasteiger partial charge in [0.2, 0.25) is 5.91 Å². The number of rotatable bonds is 6. The highest BCUT2D eigenvalue weighted by Gasteiger charge is 2.37. The molecular weight excluding hydrogens is 432 g/mol. The van der Waals surface area contributed by atoms with E-state index in [1.807, 2.05) is 32.9 Å². The maximum absolute atomic E-state index is 13.0. The Hall–Kier alpha value is -2.21. The number of esters is 1. The summed E-state index contributed by atoms with van der Waals surface area (Å²) in [7, 11) is 0. The van der Waals surface area contributed by atoms with E-state index in [0.717, 1.165) is 23.0 Å². The Labute approximate surface area is 180 Å². The number of carbonyl (C=O) groups is 2. The molecule has 0 aliphatic heterocycles. The first-order chi connectivity index (χ1) is 13.6. The molecule has 0 saturated heterocycles. The highest BCUT2D eigenvalue weighted by atomic mass is 79.9. The number of aromatic nitrogens is 1. The highest BCUT2D eigenvalue weighted by molar-refractivity contribution is 9.10. The van der Waals surface area contributed by atoms with E-state index in [9.17, 15) is 9.59 Å². The number of amides is 1. The smallest absolute Gasteiger partial charge is 0.338 e. The fraction of sp³-hybridized carbons (Fsp3) is 0.435. The van der Waals surface area contributed by atoms with Gasteiger partial charge in [-0.05, 0) is 97.8 Å². The van der Waals surface area contributed by atoms with Crippen molar-refractivity contribution in [2.45, 2.75) is 52.1 Å². The van der Waals surface area contributed by atoms with Crippen molar-refractivity contribution in [3.8, 4) is 0 Å². The summed E-state index contributed by atoms with van der Waals surface area (Å²) in [5, 5.41) is 2.97. The van der Waals surface area contributed by atoms with Crippen LogP contribution in [0.15, 0.2) is 47.1 Å². The van der Waals surface area contributed by atoms with Gasteiger partial charge in [-0.15, -0.1) is 0 Å². The topological polar surface area (TPSA) is 68.3 Å². The molecule has 2 aromatic rings. The lowest BCUT2D eigenvalue weighted by Crippen LogP contribution is -2.24. The van der Waals surface area contributed by atoms with Crippen LogP contribution >= 0.6 is 15.9 Å². The Morgan fingerprint density at radius 3 is 2.38 bits per heavy atom. The van der Waals surface area contributed by atoms with Crippen LogP contribution in [0.4, 0.5) is 5.69 Å². The molecule has 1 unspecified atom stereocenters. The number of carbonyl (C=O) groups excluding carboxylic acids is 2. The first-order valence-corrected chi connectivity index (χ1v) is 10.7. The molecule has 1 aromatic heterocycles. The zero-order valence-corrected chi connectivity index (χ0v) is 18.8. The van der Waals surface area contributed by atoms with Gasteiger partial charge in [-0.25, -0.2) is 4.79 Å². The molecular formula is C23H27BrN2O3. The molecule has 1 aliphatic carbocycles. The monoisotopic (exact) mass is 458 g/mol. The molecule has 1 saturated carbocycles. The first kappa shape index (κ1) is 21.5. The van der Waals surface area contributed by atoms with Crippen LogP contribution in [0.2, 0.25) is 0 Å². The molecule has 6 heteroatoms. The number of hydrogen-bond donors (Lipinski definition) is 1. The molecule has 1 heterocycles. The van der Waals surface area contributed by atoms with Crippen LogP contribution in [-0.4, -0.2) is 22.5 Å². The van der Waals surface area contributed by atoms with Crippen LogP contribution < -0.4 is 5.32 Å². The largest absolute Gasteiger partial charge is 0.456 e. The third kappa shape index (κ3) is 6.13. The third-order valence-electron chi connectivity index (χ3n) is 5.03. The average Bonchev–Trinajstić information content (AvgIpc) is 3.34. The molecule has 3 atom stereocenters. The van der Waals surface area contributed by atoms with E-state index in [-0.39, 0.29) is 17.8 Å². The van der Waals surface area contributed by atoms with Crippen LogP contribution in [0.1, 0.15) is 62.5 Å².